The Morgan fingerprint density at radius 2 is 1.02 bits per heavy atom. The first kappa shape index (κ1) is 30.3. The largest absolute Gasteiger partial charge is 0.456 e. The summed E-state index contributed by atoms with van der Waals surface area (Å²) in [6.45, 7) is 0. The van der Waals surface area contributed by atoms with Gasteiger partial charge in [0.15, 0.2) is 0 Å². The topological polar surface area (TPSA) is 26.2 Å². The molecule has 11 aromatic rings. The molecule has 0 saturated carbocycles. The SMILES string of the molecule is c1ccc(-c2ccc(N(c3ccc(-n4ccc5ccc6c7ccccc7n(-c7ccccc7)c6c54)cc3)c3ccc4oc5ccccc5c4c3)cc2)cc1. The number of fused-ring (bicyclic) bond motifs is 8. The fourth-order valence-corrected chi connectivity index (χ4v) is 8.23. The van der Waals surface area contributed by atoms with Gasteiger partial charge in [0.2, 0.25) is 0 Å². The minimum atomic E-state index is 0.883. The van der Waals surface area contributed by atoms with Gasteiger partial charge < -0.3 is 18.5 Å². The lowest BCUT2D eigenvalue weighted by Gasteiger charge is -2.26. The van der Waals surface area contributed by atoms with Crippen LogP contribution in [0.2, 0.25) is 0 Å². The molecule has 254 valence electrons. The van der Waals surface area contributed by atoms with Crippen molar-refractivity contribution in [1.29, 1.82) is 0 Å². The molecule has 0 N–H and O–H groups in total. The number of aromatic nitrogens is 2. The van der Waals surface area contributed by atoms with Crippen molar-refractivity contribution in [2.24, 2.45) is 0 Å². The van der Waals surface area contributed by atoms with E-state index < -0.39 is 0 Å². The molecule has 0 amide bonds. The summed E-state index contributed by atoms with van der Waals surface area (Å²) in [7, 11) is 0. The smallest absolute Gasteiger partial charge is 0.135 e. The highest BCUT2D eigenvalue weighted by Gasteiger charge is 2.19. The van der Waals surface area contributed by atoms with Crippen molar-refractivity contribution in [3.63, 3.8) is 0 Å². The molecule has 3 aromatic heterocycles. The molecule has 0 saturated heterocycles. The summed E-state index contributed by atoms with van der Waals surface area (Å²) in [5.41, 5.74) is 13.2. The fourth-order valence-electron chi connectivity index (χ4n) is 8.23. The Labute approximate surface area is 312 Å². The van der Waals surface area contributed by atoms with Crippen LogP contribution in [0, 0.1) is 0 Å². The molecule has 0 atom stereocenters. The van der Waals surface area contributed by atoms with E-state index in [0.717, 1.165) is 50.4 Å². The molecule has 0 bridgehead atoms. The van der Waals surface area contributed by atoms with Crippen molar-refractivity contribution < 1.29 is 4.42 Å². The van der Waals surface area contributed by atoms with Crippen molar-refractivity contribution >= 4 is 71.7 Å². The van der Waals surface area contributed by atoms with Gasteiger partial charge in [-0.25, -0.2) is 0 Å². The van der Waals surface area contributed by atoms with Crippen LogP contribution in [-0.2, 0) is 0 Å². The second-order valence-corrected chi connectivity index (χ2v) is 13.8. The Kier molecular flexibility index (Phi) is 6.82. The molecule has 11 rings (SSSR count). The van der Waals surface area contributed by atoms with E-state index >= 15 is 0 Å². The Morgan fingerprint density at radius 3 is 1.81 bits per heavy atom. The van der Waals surface area contributed by atoms with Crippen LogP contribution in [0.1, 0.15) is 0 Å². The molecule has 0 aliphatic rings. The van der Waals surface area contributed by atoms with Gasteiger partial charge in [-0.05, 0) is 96.1 Å². The predicted molar refractivity (Wildman–Crippen MR) is 225 cm³/mol. The number of para-hydroxylation sites is 3. The van der Waals surface area contributed by atoms with Gasteiger partial charge in [0.05, 0.1) is 16.6 Å². The lowest BCUT2D eigenvalue weighted by atomic mass is 10.0. The number of rotatable bonds is 6. The van der Waals surface area contributed by atoms with E-state index in [-0.39, 0.29) is 0 Å². The van der Waals surface area contributed by atoms with Gasteiger partial charge in [0.25, 0.3) is 0 Å². The second-order valence-electron chi connectivity index (χ2n) is 13.8. The molecular weight excluding hydrogens is 659 g/mol. The van der Waals surface area contributed by atoms with Gasteiger partial charge in [-0.15, -0.1) is 0 Å². The van der Waals surface area contributed by atoms with Crippen LogP contribution in [0.5, 0.6) is 0 Å². The van der Waals surface area contributed by atoms with Gasteiger partial charge in [-0.2, -0.15) is 0 Å². The summed E-state index contributed by atoms with van der Waals surface area (Å²) in [5.74, 6) is 0. The molecule has 0 spiro atoms. The molecular formula is C50H33N3O. The molecule has 0 aliphatic carbocycles. The highest BCUT2D eigenvalue weighted by molar-refractivity contribution is 6.18. The normalized spacial score (nSPS) is 11.7. The summed E-state index contributed by atoms with van der Waals surface area (Å²) in [5, 5.41) is 5.90. The van der Waals surface area contributed by atoms with Gasteiger partial charge in [-0.1, -0.05) is 109 Å². The molecule has 4 heteroatoms. The lowest BCUT2D eigenvalue weighted by Crippen LogP contribution is -2.10. The van der Waals surface area contributed by atoms with Gasteiger partial charge in [-0.3, -0.25) is 0 Å². The maximum Gasteiger partial charge on any atom is 0.135 e. The lowest BCUT2D eigenvalue weighted by molar-refractivity contribution is 0.669. The van der Waals surface area contributed by atoms with Crippen LogP contribution in [0.15, 0.2) is 205 Å². The third-order valence-corrected chi connectivity index (χ3v) is 10.7. The average Bonchev–Trinajstić information content (AvgIpc) is 3.94. The molecule has 0 fully saturated rings. The monoisotopic (exact) mass is 691 g/mol. The zero-order valence-corrected chi connectivity index (χ0v) is 29.3. The minimum Gasteiger partial charge on any atom is -0.456 e. The van der Waals surface area contributed by atoms with E-state index in [1.54, 1.807) is 0 Å². The third-order valence-electron chi connectivity index (χ3n) is 10.7. The highest BCUT2D eigenvalue weighted by Crippen LogP contribution is 2.41. The summed E-state index contributed by atoms with van der Waals surface area (Å²) in [6, 6.07) is 69.2. The maximum absolute atomic E-state index is 6.22. The van der Waals surface area contributed by atoms with Crippen molar-refractivity contribution in [3.8, 4) is 22.5 Å². The fraction of sp³-hybridized carbons (Fsp3) is 0. The first-order chi connectivity index (χ1) is 26.8. The van der Waals surface area contributed by atoms with E-state index in [2.05, 4.69) is 202 Å². The Hall–Kier alpha value is -7.30. The summed E-state index contributed by atoms with van der Waals surface area (Å²) in [6.07, 6.45) is 2.20. The van der Waals surface area contributed by atoms with E-state index in [1.165, 1.54) is 43.8 Å². The highest BCUT2D eigenvalue weighted by atomic mass is 16.3. The van der Waals surface area contributed by atoms with Crippen molar-refractivity contribution in [2.75, 3.05) is 4.90 Å². The van der Waals surface area contributed by atoms with Crippen molar-refractivity contribution in [1.82, 2.24) is 9.13 Å². The number of benzene rings is 8. The zero-order chi connectivity index (χ0) is 35.6. The van der Waals surface area contributed by atoms with Gasteiger partial charge in [0, 0.05) is 61.6 Å². The van der Waals surface area contributed by atoms with Crippen LogP contribution >= 0.6 is 0 Å². The summed E-state index contributed by atoms with van der Waals surface area (Å²) in [4.78, 5) is 2.33. The molecule has 0 aliphatic heterocycles. The summed E-state index contributed by atoms with van der Waals surface area (Å²) < 4.78 is 11.0. The zero-order valence-electron chi connectivity index (χ0n) is 29.3. The molecule has 0 unspecified atom stereocenters. The predicted octanol–water partition coefficient (Wildman–Crippen LogP) is 13.8. The minimum absolute atomic E-state index is 0.883. The maximum atomic E-state index is 6.22. The van der Waals surface area contributed by atoms with E-state index in [0.29, 0.717) is 0 Å². The first-order valence-electron chi connectivity index (χ1n) is 18.3. The van der Waals surface area contributed by atoms with Crippen molar-refractivity contribution in [2.45, 2.75) is 0 Å². The van der Waals surface area contributed by atoms with E-state index in [4.69, 9.17) is 4.42 Å². The van der Waals surface area contributed by atoms with Crippen LogP contribution in [-0.4, -0.2) is 9.13 Å². The number of nitrogens with zero attached hydrogens (tertiary/aromatic N) is 3. The quantitative estimate of drug-likeness (QED) is 0.173. The molecule has 8 aromatic carbocycles. The molecule has 0 radical (unpaired) electrons. The van der Waals surface area contributed by atoms with E-state index in [9.17, 15) is 0 Å². The second kappa shape index (κ2) is 12.1. The number of hydrogen-bond acceptors (Lipinski definition) is 2. The van der Waals surface area contributed by atoms with Crippen LogP contribution < -0.4 is 4.90 Å². The molecule has 3 heterocycles. The van der Waals surface area contributed by atoms with Crippen LogP contribution in [0.4, 0.5) is 17.1 Å². The standard InChI is InChI=1S/C50H33N3O/c1-3-11-34(12-4-1)35-19-22-39(23-20-35)52(41-28-30-48-45(33-41)43-16-8-10-18-47(43)54-48)40-26-24-37(25-27-40)51-32-31-36-21-29-44-42-15-7-9-17-46(42)53(50(44)49(36)51)38-13-5-2-6-14-38/h1-33H. The van der Waals surface area contributed by atoms with Crippen LogP contribution in [0.3, 0.4) is 0 Å². The third kappa shape index (κ3) is 4.78. The van der Waals surface area contributed by atoms with Gasteiger partial charge >= 0.3 is 0 Å². The average molecular weight is 692 g/mol. The Morgan fingerprint density at radius 1 is 0.389 bits per heavy atom. The molecule has 54 heavy (non-hydrogen) atoms. The number of furan rings is 1. The van der Waals surface area contributed by atoms with Gasteiger partial charge in [0.1, 0.15) is 11.2 Å². The summed E-state index contributed by atoms with van der Waals surface area (Å²) >= 11 is 0. The Bertz CT molecular complexity index is 3130. The number of hydrogen-bond donors (Lipinski definition) is 0. The van der Waals surface area contributed by atoms with Crippen LogP contribution in [0.25, 0.3) is 77.1 Å². The first-order valence-corrected chi connectivity index (χ1v) is 18.3. The Balaban J connectivity index is 1.07. The van der Waals surface area contributed by atoms with Crippen molar-refractivity contribution in [3.05, 3.63) is 200 Å². The van der Waals surface area contributed by atoms with E-state index in [1.807, 2.05) is 12.1 Å². The molecule has 4 nitrogen and oxygen atoms in total. The number of anilines is 3.